The van der Waals surface area contributed by atoms with Gasteiger partial charge in [0.2, 0.25) is 0 Å². The van der Waals surface area contributed by atoms with Gasteiger partial charge in [0.1, 0.15) is 0 Å². The third-order valence-corrected chi connectivity index (χ3v) is 2.08. The van der Waals surface area contributed by atoms with Crippen molar-refractivity contribution < 1.29 is 4.42 Å². The van der Waals surface area contributed by atoms with Crippen molar-refractivity contribution >= 4 is 22.3 Å². The van der Waals surface area contributed by atoms with Gasteiger partial charge in [-0.3, -0.25) is 0 Å². The van der Waals surface area contributed by atoms with Crippen LogP contribution < -0.4 is 10.6 Å². The number of rotatable bonds is 1. The van der Waals surface area contributed by atoms with Crippen LogP contribution in [0.1, 0.15) is 0 Å². The number of fused-ring (bicyclic) bond motifs is 1. The molecule has 3 nitrogen and oxygen atoms in total. The summed E-state index contributed by atoms with van der Waals surface area (Å²) in [7, 11) is 3.97. The van der Waals surface area contributed by atoms with Gasteiger partial charge in [-0.25, -0.2) is 0 Å². The second-order valence-electron chi connectivity index (χ2n) is 3.27. The van der Waals surface area contributed by atoms with Crippen molar-refractivity contribution in [1.82, 2.24) is 0 Å². The maximum Gasteiger partial charge on any atom is 0.156 e. The van der Waals surface area contributed by atoms with E-state index < -0.39 is 0 Å². The molecule has 2 N–H and O–H groups in total. The molecule has 0 aliphatic heterocycles. The molecule has 0 atom stereocenters. The zero-order chi connectivity index (χ0) is 9.42. The van der Waals surface area contributed by atoms with E-state index in [2.05, 4.69) is 6.07 Å². The molecule has 0 spiro atoms. The Morgan fingerprint density at radius 1 is 1.31 bits per heavy atom. The highest BCUT2D eigenvalue weighted by Crippen LogP contribution is 2.27. The third kappa shape index (κ3) is 1.22. The van der Waals surface area contributed by atoms with Crippen LogP contribution in [0.5, 0.6) is 0 Å². The Hall–Kier alpha value is -1.64. The topological polar surface area (TPSA) is 42.4 Å². The molecule has 3 heteroatoms. The van der Waals surface area contributed by atoms with Gasteiger partial charge in [0.25, 0.3) is 0 Å². The van der Waals surface area contributed by atoms with E-state index in [1.807, 2.05) is 31.1 Å². The summed E-state index contributed by atoms with van der Waals surface area (Å²) in [5.74, 6) is 0. The van der Waals surface area contributed by atoms with Crippen LogP contribution in [0.15, 0.2) is 28.9 Å². The molecule has 13 heavy (non-hydrogen) atoms. The van der Waals surface area contributed by atoms with Crippen LogP contribution >= 0.6 is 0 Å². The van der Waals surface area contributed by atoms with E-state index in [0.717, 1.165) is 16.7 Å². The minimum Gasteiger partial charge on any atom is -0.462 e. The molecule has 0 saturated carbocycles. The van der Waals surface area contributed by atoms with Crippen LogP contribution in [0.4, 0.5) is 11.4 Å². The zero-order valence-corrected chi connectivity index (χ0v) is 7.74. The van der Waals surface area contributed by atoms with Crippen molar-refractivity contribution in [3.63, 3.8) is 0 Å². The molecule has 1 heterocycles. The monoisotopic (exact) mass is 176 g/mol. The van der Waals surface area contributed by atoms with Crippen LogP contribution in [0.3, 0.4) is 0 Å². The first-order valence-electron chi connectivity index (χ1n) is 4.12. The molecule has 2 aromatic rings. The van der Waals surface area contributed by atoms with E-state index in [9.17, 15) is 0 Å². The second kappa shape index (κ2) is 2.69. The lowest BCUT2D eigenvalue weighted by Gasteiger charge is -2.12. The van der Waals surface area contributed by atoms with Crippen molar-refractivity contribution in [1.29, 1.82) is 0 Å². The van der Waals surface area contributed by atoms with Crippen LogP contribution in [0.2, 0.25) is 0 Å². The molecular formula is C10H12N2O. The predicted octanol–water partition coefficient (Wildman–Crippen LogP) is 2.08. The van der Waals surface area contributed by atoms with Gasteiger partial charge < -0.3 is 15.1 Å². The molecule has 0 fully saturated rings. The van der Waals surface area contributed by atoms with E-state index in [0.29, 0.717) is 5.69 Å². The highest BCUT2D eigenvalue weighted by atomic mass is 16.3. The summed E-state index contributed by atoms with van der Waals surface area (Å²) in [6, 6.07) is 5.87. The van der Waals surface area contributed by atoms with E-state index in [1.165, 1.54) is 0 Å². The first-order valence-corrected chi connectivity index (χ1v) is 4.12. The van der Waals surface area contributed by atoms with Crippen molar-refractivity contribution in [2.24, 2.45) is 0 Å². The van der Waals surface area contributed by atoms with Crippen LogP contribution in [-0.2, 0) is 0 Å². The molecule has 1 aromatic heterocycles. The lowest BCUT2D eigenvalue weighted by atomic mass is 10.2. The number of benzene rings is 1. The van der Waals surface area contributed by atoms with Crippen molar-refractivity contribution in [3.05, 3.63) is 24.5 Å². The van der Waals surface area contributed by atoms with Crippen LogP contribution in [-0.4, -0.2) is 14.1 Å². The summed E-state index contributed by atoms with van der Waals surface area (Å²) in [4.78, 5) is 2.02. The average molecular weight is 176 g/mol. The molecule has 0 saturated heterocycles. The summed E-state index contributed by atoms with van der Waals surface area (Å²) in [6.45, 7) is 0. The number of furan rings is 1. The Morgan fingerprint density at radius 3 is 2.77 bits per heavy atom. The maximum atomic E-state index is 5.82. The summed E-state index contributed by atoms with van der Waals surface area (Å²) < 4.78 is 5.24. The highest BCUT2D eigenvalue weighted by Gasteiger charge is 2.04. The maximum absolute atomic E-state index is 5.82. The first kappa shape index (κ1) is 7.98. The van der Waals surface area contributed by atoms with Gasteiger partial charge in [-0.05, 0) is 18.2 Å². The average Bonchev–Trinajstić information content (AvgIpc) is 2.51. The van der Waals surface area contributed by atoms with E-state index in [-0.39, 0.29) is 0 Å². The fourth-order valence-electron chi connectivity index (χ4n) is 1.35. The Balaban J connectivity index is 2.70. The van der Waals surface area contributed by atoms with E-state index in [4.69, 9.17) is 10.2 Å². The number of nitrogens with zero attached hydrogens (tertiary/aromatic N) is 1. The van der Waals surface area contributed by atoms with Gasteiger partial charge >= 0.3 is 0 Å². The number of nitrogens with two attached hydrogens (primary N) is 1. The Morgan fingerprint density at radius 2 is 2.08 bits per heavy atom. The fourth-order valence-corrected chi connectivity index (χ4v) is 1.35. The minimum absolute atomic E-state index is 0.686. The molecule has 2 rings (SSSR count). The zero-order valence-electron chi connectivity index (χ0n) is 7.74. The summed E-state index contributed by atoms with van der Waals surface area (Å²) in [5, 5.41) is 1.05. The lowest BCUT2D eigenvalue weighted by molar-refractivity contribution is 0.617. The normalized spacial score (nSPS) is 10.6. The molecule has 0 amide bonds. The SMILES string of the molecule is CN(C)c1cc(N)c2occc2c1. The smallest absolute Gasteiger partial charge is 0.156 e. The van der Waals surface area contributed by atoms with Crippen molar-refractivity contribution in [2.75, 3.05) is 24.7 Å². The summed E-state index contributed by atoms with van der Waals surface area (Å²) >= 11 is 0. The molecule has 1 aromatic carbocycles. The fraction of sp³-hybridized carbons (Fsp3) is 0.200. The molecule has 0 aliphatic carbocycles. The van der Waals surface area contributed by atoms with Crippen molar-refractivity contribution in [3.8, 4) is 0 Å². The Bertz CT molecular complexity index is 431. The Kier molecular flexibility index (Phi) is 1.65. The second-order valence-corrected chi connectivity index (χ2v) is 3.27. The molecule has 0 unspecified atom stereocenters. The summed E-state index contributed by atoms with van der Waals surface area (Å²) in [6.07, 6.45) is 1.65. The quantitative estimate of drug-likeness (QED) is 0.676. The highest BCUT2D eigenvalue weighted by molar-refractivity contribution is 5.91. The Labute approximate surface area is 76.7 Å². The number of hydrogen-bond donors (Lipinski definition) is 1. The third-order valence-electron chi connectivity index (χ3n) is 2.08. The number of anilines is 2. The van der Waals surface area contributed by atoms with Gasteiger partial charge in [0, 0.05) is 25.2 Å². The molecule has 0 bridgehead atoms. The van der Waals surface area contributed by atoms with Crippen LogP contribution in [0.25, 0.3) is 11.0 Å². The number of nitrogen functional groups attached to an aromatic ring is 1. The minimum atomic E-state index is 0.686. The predicted molar refractivity (Wildman–Crippen MR) is 55.0 cm³/mol. The standard InChI is InChI=1S/C10H12N2O/c1-12(2)8-5-7-3-4-13-10(7)9(11)6-8/h3-6H,11H2,1-2H3. The molecular weight excluding hydrogens is 164 g/mol. The van der Waals surface area contributed by atoms with Gasteiger partial charge in [-0.15, -0.1) is 0 Å². The molecule has 0 aliphatic rings. The van der Waals surface area contributed by atoms with Gasteiger partial charge in [0.15, 0.2) is 5.58 Å². The molecule has 0 radical (unpaired) electrons. The lowest BCUT2D eigenvalue weighted by Crippen LogP contribution is -2.08. The molecule has 68 valence electrons. The van der Waals surface area contributed by atoms with Crippen molar-refractivity contribution in [2.45, 2.75) is 0 Å². The van der Waals surface area contributed by atoms with Gasteiger partial charge in [-0.1, -0.05) is 0 Å². The largest absolute Gasteiger partial charge is 0.462 e. The van der Waals surface area contributed by atoms with Gasteiger partial charge in [-0.2, -0.15) is 0 Å². The van der Waals surface area contributed by atoms with E-state index in [1.54, 1.807) is 6.26 Å². The summed E-state index contributed by atoms with van der Waals surface area (Å²) in [5.41, 5.74) is 8.36. The first-order chi connectivity index (χ1) is 6.18. The van der Waals surface area contributed by atoms with Crippen LogP contribution in [0, 0.1) is 0 Å². The van der Waals surface area contributed by atoms with Gasteiger partial charge in [0.05, 0.1) is 12.0 Å². The van der Waals surface area contributed by atoms with E-state index >= 15 is 0 Å². The number of hydrogen-bond acceptors (Lipinski definition) is 3.